The minimum atomic E-state index is 0.234. The number of nitriles is 1. The number of benzene rings is 2. The van der Waals surface area contributed by atoms with Gasteiger partial charge in [-0.3, -0.25) is 0 Å². The van der Waals surface area contributed by atoms with Crippen LogP contribution in [0.1, 0.15) is 5.56 Å². The van der Waals surface area contributed by atoms with Gasteiger partial charge in [-0.1, -0.05) is 36.4 Å². The maximum atomic E-state index is 8.74. The Labute approximate surface area is 113 Å². The maximum absolute atomic E-state index is 8.74. The lowest BCUT2D eigenvalue weighted by Gasteiger charge is -2.08. The molecule has 0 amide bonds. The summed E-state index contributed by atoms with van der Waals surface area (Å²) in [6, 6.07) is 17.9. The molecular weight excluding hydrogens is 238 g/mol. The van der Waals surface area contributed by atoms with E-state index in [0.29, 0.717) is 6.42 Å². The smallest absolute Gasteiger partial charge is 0.188 e. The van der Waals surface area contributed by atoms with Gasteiger partial charge in [0.05, 0.1) is 12.5 Å². The fourth-order valence-electron chi connectivity index (χ4n) is 1.84. The average molecular weight is 253 g/mol. The lowest BCUT2D eigenvalue weighted by Crippen LogP contribution is -1.98. The summed E-state index contributed by atoms with van der Waals surface area (Å²) in [7, 11) is 1.59. The van der Waals surface area contributed by atoms with Crippen LogP contribution in [0.25, 0.3) is 11.1 Å². The summed E-state index contributed by atoms with van der Waals surface area (Å²) < 4.78 is 10.3. The van der Waals surface area contributed by atoms with Crippen molar-refractivity contribution >= 4 is 0 Å². The van der Waals surface area contributed by atoms with Crippen LogP contribution in [-0.4, -0.2) is 13.9 Å². The van der Waals surface area contributed by atoms with Crippen LogP contribution in [0.5, 0.6) is 5.75 Å². The molecule has 0 fully saturated rings. The third-order valence-electron chi connectivity index (χ3n) is 2.72. The SMILES string of the molecule is COCOc1cccc(-c2cccc(CC#N)c2)c1. The van der Waals surface area contributed by atoms with Crippen molar-refractivity contribution < 1.29 is 9.47 Å². The summed E-state index contributed by atoms with van der Waals surface area (Å²) in [4.78, 5) is 0. The van der Waals surface area contributed by atoms with E-state index in [1.54, 1.807) is 7.11 Å². The number of hydrogen-bond acceptors (Lipinski definition) is 3. The lowest BCUT2D eigenvalue weighted by molar-refractivity contribution is 0.0511. The topological polar surface area (TPSA) is 42.2 Å². The molecule has 19 heavy (non-hydrogen) atoms. The number of hydrogen-bond donors (Lipinski definition) is 0. The van der Waals surface area contributed by atoms with Crippen LogP contribution in [-0.2, 0) is 11.2 Å². The van der Waals surface area contributed by atoms with Crippen LogP contribution in [0.2, 0.25) is 0 Å². The van der Waals surface area contributed by atoms with Crippen molar-refractivity contribution in [2.45, 2.75) is 6.42 Å². The summed E-state index contributed by atoms with van der Waals surface area (Å²) in [5.41, 5.74) is 3.16. The Bertz CT molecular complexity index is 587. The summed E-state index contributed by atoms with van der Waals surface area (Å²) in [5, 5.41) is 8.74. The molecule has 0 aromatic heterocycles. The molecule has 0 heterocycles. The van der Waals surface area contributed by atoms with Gasteiger partial charge in [-0.25, -0.2) is 0 Å². The van der Waals surface area contributed by atoms with Crippen LogP contribution >= 0.6 is 0 Å². The maximum Gasteiger partial charge on any atom is 0.188 e. The molecule has 0 aliphatic rings. The van der Waals surface area contributed by atoms with Crippen molar-refractivity contribution in [2.75, 3.05) is 13.9 Å². The Morgan fingerprint density at radius 1 is 1.05 bits per heavy atom. The van der Waals surface area contributed by atoms with Crippen molar-refractivity contribution in [1.29, 1.82) is 5.26 Å². The van der Waals surface area contributed by atoms with E-state index >= 15 is 0 Å². The zero-order valence-electron chi connectivity index (χ0n) is 10.8. The van der Waals surface area contributed by atoms with Gasteiger partial charge < -0.3 is 9.47 Å². The number of rotatable bonds is 5. The second-order valence-corrected chi connectivity index (χ2v) is 4.11. The molecule has 0 atom stereocenters. The molecule has 0 aliphatic carbocycles. The van der Waals surface area contributed by atoms with E-state index in [2.05, 4.69) is 6.07 Å². The molecule has 3 heteroatoms. The Hall–Kier alpha value is -2.31. The largest absolute Gasteiger partial charge is 0.468 e. The molecule has 3 nitrogen and oxygen atoms in total. The van der Waals surface area contributed by atoms with Crippen LogP contribution in [0.15, 0.2) is 48.5 Å². The quantitative estimate of drug-likeness (QED) is 0.767. The molecule has 0 bridgehead atoms. The van der Waals surface area contributed by atoms with Gasteiger partial charge in [0.25, 0.3) is 0 Å². The first kappa shape index (κ1) is 13.1. The normalized spacial score (nSPS) is 9.89. The Morgan fingerprint density at radius 2 is 1.79 bits per heavy atom. The number of nitrogens with zero attached hydrogens (tertiary/aromatic N) is 1. The first-order valence-electron chi connectivity index (χ1n) is 6.01. The minimum absolute atomic E-state index is 0.234. The van der Waals surface area contributed by atoms with Gasteiger partial charge in [-0.05, 0) is 28.8 Å². The van der Waals surface area contributed by atoms with E-state index in [1.807, 2.05) is 48.5 Å². The van der Waals surface area contributed by atoms with Crippen molar-refractivity contribution in [3.8, 4) is 22.9 Å². The van der Waals surface area contributed by atoms with E-state index < -0.39 is 0 Å². The van der Waals surface area contributed by atoms with E-state index in [1.165, 1.54) is 0 Å². The summed E-state index contributed by atoms with van der Waals surface area (Å²) in [6.07, 6.45) is 0.424. The zero-order valence-corrected chi connectivity index (χ0v) is 10.8. The molecule has 96 valence electrons. The van der Waals surface area contributed by atoms with Gasteiger partial charge in [-0.2, -0.15) is 5.26 Å². The van der Waals surface area contributed by atoms with E-state index in [0.717, 1.165) is 22.4 Å². The molecule has 0 N–H and O–H groups in total. The van der Waals surface area contributed by atoms with Crippen LogP contribution in [0.4, 0.5) is 0 Å². The Balaban J connectivity index is 2.26. The van der Waals surface area contributed by atoms with Crippen molar-refractivity contribution in [2.24, 2.45) is 0 Å². The third-order valence-corrected chi connectivity index (χ3v) is 2.72. The molecule has 2 rings (SSSR count). The fraction of sp³-hybridized carbons (Fsp3) is 0.188. The molecule has 2 aromatic carbocycles. The molecule has 0 aliphatic heterocycles. The van der Waals surface area contributed by atoms with Gasteiger partial charge in [-0.15, -0.1) is 0 Å². The Kier molecular flexibility index (Phi) is 4.54. The van der Waals surface area contributed by atoms with E-state index in [4.69, 9.17) is 14.7 Å². The van der Waals surface area contributed by atoms with Crippen molar-refractivity contribution in [3.05, 3.63) is 54.1 Å². The molecule has 0 saturated heterocycles. The lowest BCUT2D eigenvalue weighted by atomic mass is 10.0. The standard InChI is InChI=1S/C16H15NO2/c1-18-12-19-16-7-3-6-15(11-16)14-5-2-4-13(10-14)8-9-17/h2-7,10-11H,8,12H2,1H3. The molecule has 0 radical (unpaired) electrons. The highest BCUT2D eigenvalue weighted by Crippen LogP contribution is 2.24. The predicted molar refractivity (Wildman–Crippen MR) is 73.7 cm³/mol. The average Bonchev–Trinajstić information content (AvgIpc) is 2.46. The van der Waals surface area contributed by atoms with Gasteiger partial charge >= 0.3 is 0 Å². The minimum Gasteiger partial charge on any atom is -0.468 e. The highest BCUT2D eigenvalue weighted by atomic mass is 16.7. The Morgan fingerprint density at radius 3 is 2.53 bits per heavy atom. The van der Waals surface area contributed by atoms with Gasteiger partial charge in [0.1, 0.15) is 5.75 Å². The van der Waals surface area contributed by atoms with E-state index in [9.17, 15) is 0 Å². The third kappa shape index (κ3) is 3.57. The summed E-state index contributed by atoms with van der Waals surface area (Å²) in [5.74, 6) is 0.769. The predicted octanol–water partition coefficient (Wildman–Crippen LogP) is 3.40. The first-order chi connectivity index (χ1) is 9.33. The number of methoxy groups -OCH3 is 1. The van der Waals surface area contributed by atoms with Gasteiger partial charge in [0.15, 0.2) is 6.79 Å². The fourth-order valence-corrected chi connectivity index (χ4v) is 1.84. The van der Waals surface area contributed by atoms with Crippen LogP contribution in [0.3, 0.4) is 0 Å². The van der Waals surface area contributed by atoms with Gasteiger partial charge in [0, 0.05) is 7.11 Å². The molecule has 0 unspecified atom stereocenters. The monoisotopic (exact) mass is 253 g/mol. The first-order valence-corrected chi connectivity index (χ1v) is 6.01. The molecular formula is C16H15NO2. The molecule has 2 aromatic rings. The number of ether oxygens (including phenoxy) is 2. The van der Waals surface area contributed by atoms with Crippen molar-refractivity contribution in [3.63, 3.8) is 0 Å². The summed E-state index contributed by atoms with van der Waals surface area (Å²) in [6.45, 7) is 0.234. The van der Waals surface area contributed by atoms with Crippen LogP contribution < -0.4 is 4.74 Å². The van der Waals surface area contributed by atoms with E-state index in [-0.39, 0.29) is 6.79 Å². The highest BCUT2D eigenvalue weighted by Gasteiger charge is 2.01. The summed E-state index contributed by atoms with van der Waals surface area (Å²) >= 11 is 0. The second kappa shape index (κ2) is 6.58. The molecule has 0 spiro atoms. The molecule has 0 saturated carbocycles. The zero-order chi connectivity index (χ0) is 13.5. The highest BCUT2D eigenvalue weighted by molar-refractivity contribution is 5.65. The second-order valence-electron chi connectivity index (χ2n) is 4.11. The van der Waals surface area contributed by atoms with Crippen molar-refractivity contribution in [1.82, 2.24) is 0 Å². The van der Waals surface area contributed by atoms with Gasteiger partial charge in [0.2, 0.25) is 0 Å². The van der Waals surface area contributed by atoms with Crippen LogP contribution in [0, 0.1) is 11.3 Å².